The van der Waals surface area contributed by atoms with Gasteiger partial charge in [0.25, 0.3) is 0 Å². The van der Waals surface area contributed by atoms with E-state index < -0.39 is 35.8 Å². The van der Waals surface area contributed by atoms with Crippen molar-refractivity contribution in [1.29, 1.82) is 0 Å². The van der Waals surface area contributed by atoms with E-state index in [1.165, 1.54) is 12.1 Å². The predicted octanol–water partition coefficient (Wildman–Crippen LogP) is 2.78. The Kier molecular flexibility index (Phi) is 4.22. The van der Waals surface area contributed by atoms with Crippen molar-refractivity contribution in [2.24, 2.45) is 5.92 Å². The Labute approximate surface area is 98.2 Å². The predicted molar refractivity (Wildman–Crippen MR) is 54.7 cm³/mol. The number of nitro groups is 1. The van der Waals surface area contributed by atoms with Gasteiger partial charge in [0.05, 0.1) is 4.88 Å². The van der Waals surface area contributed by atoms with Gasteiger partial charge in [-0.15, -0.1) is 11.3 Å². The number of carbonyl (C=O) groups excluding carboxylic acids is 1. The molecule has 0 bridgehead atoms. The van der Waals surface area contributed by atoms with Crippen molar-refractivity contribution in [2.75, 3.05) is 6.54 Å². The van der Waals surface area contributed by atoms with Crippen LogP contribution in [0, 0.1) is 16.0 Å². The minimum atomic E-state index is -4.74. The summed E-state index contributed by atoms with van der Waals surface area (Å²) < 4.78 is 37.3. The fourth-order valence-electron chi connectivity index (χ4n) is 1.23. The molecule has 1 atom stereocenters. The maximum absolute atomic E-state index is 12.4. The lowest BCUT2D eigenvalue weighted by molar-refractivity contribution is -0.497. The van der Waals surface area contributed by atoms with Crippen molar-refractivity contribution >= 4 is 17.1 Å². The summed E-state index contributed by atoms with van der Waals surface area (Å²) >= 11 is 1.02. The van der Waals surface area contributed by atoms with E-state index in [0.29, 0.717) is 0 Å². The average molecular weight is 267 g/mol. The third kappa shape index (κ3) is 4.14. The van der Waals surface area contributed by atoms with Crippen LogP contribution in [0.1, 0.15) is 16.1 Å². The number of alkyl halides is 3. The van der Waals surface area contributed by atoms with Gasteiger partial charge in [-0.1, -0.05) is 6.07 Å². The first-order chi connectivity index (χ1) is 7.80. The highest BCUT2D eigenvalue weighted by molar-refractivity contribution is 7.12. The molecule has 0 N–H and O–H groups in total. The van der Waals surface area contributed by atoms with E-state index in [-0.39, 0.29) is 4.88 Å². The Morgan fingerprint density at radius 3 is 2.59 bits per heavy atom. The Morgan fingerprint density at radius 2 is 2.18 bits per heavy atom. The highest BCUT2D eigenvalue weighted by Crippen LogP contribution is 2.30. The topological polar surface area (TPSA) is 60.2 Å². The van der Waals surface area contributed by atoms with Gasteiger partial charge in [0.1, 0.15) is 5.92 Å². The van der Waals surface area contributed by atoms with Crippen LogP contribution in [-0.4, -0.2) is 23.4 Å². The fourth-order valence-corrected chi connectivity index (χ4v) is 1.90. The third-order valence-corrected chi connectivity index (χ3v) is 2.97. The molecule has 1 heterocycles. The second-order valence-corrected chi connectivity index (χ2v) is 4.31. The minimum absolute atomic E-state index is 0.183. The van der Waals surface area contributed by atoms with Gasteiger partial charge in [0, 0.05) is 11.3 Å². The van der Waals surface area contributed by atoms with Crippen LogP contribution in [0.3, 0.4) is 0 Å². The van der Waals surface area contributed by atoms with E-state index >= 15 is 0 Å². The Bertz CT molecular complexity index is 402. The molecule has 17 heavy (non-hydrogen) atoms. The van der Waals surface area contributed by atoms with Crippen LogP contribution in [0.5, 0.6) is 0 Å². The zero-order valence-corrected chi connectivity index (χ0v) is 9.25. The van der Waals surface area contributed by atoms with E-state index in [0.717, 1.165) is 11.3 Å². The summed E-state index contributed by atoms with van der Waals surface area (Å²) in [5.41, 5.74) is 0. The summed E-state index contributed by atoms with van der Waals surface area (Å²) in [5.74, 6) is -2.95. The summed E-state index contributed by atoms with van der Waals surface area (Å²) in [7, 11) is 0. The molecular weight excluding hydrogens is 259 g/mol. The second kappa shape index (κ2) is 5.26. The third-order valence-electron chi connectivity index (χ3n) is 2.06. The largest absolute Gasteiger partial charge is 0.398 e. The zero-order chi connectivity index (χ0) is 13.1. The van der Waals surface area contributed by atoms with Gasteiger partial charge in [-0.25, -0.2) is 0 Å². The minimum Gasteiger partial charge on any atom is -0.293 e. The molecule has 0 aliphatic heterocycles. The van der Waals surface area contributed by atoms with Crippen molar-refractivity contribution in [3.05, 3.63) is 32.5 Å². The number of hydrogen-bond acceptors (Lipinski definition) is 4. The Morgan fingerprint density at radius 1 is 1.53 bits per heavy atom. The lowest BCUT2D eigenvalue weighted by Crippen LogP contribution is -2.31. The van der Waals surface area contributed by atoms with Gasteiger partial charge in [-0.2, -0.15) is 13.2 Å². The van der Waals surface area contributed by atoms with Crippen LogP contribution in [0.2, 0.25) is 0 Å². The molecule has 0 spiro atoms. The highest BCUT2D eigenvalue weighted by Gasteiger charge is 2.44. The normalized spacial score (nSPS) is 13.4. The molecule has 1 aromatic rings. The highest BCUT2D eigenvalue weighted by atomic mass is 32.1. The molecule has 0 amide bonds. The van der Waals surface area contributed by atoms with Crippen LogP contribution in [-0.2, 0) is 0 Å². The average Bonchev–Trinajstić information content (AvgIpc) is 2.66. The Balaban J connectivity index is 2.73. The van der Waals surface area contributed by atoms with E-state index in [4.69, 9.17) is 0 Å². The van der Waals surface area contributed by atoms with E-state index in [1.807, 2.05) is 0 Å². The number of thiophene rings is 1. The van der Waals surface area contributed by atoms with Crippen LogP contribution < -0.4 is 0 Å². The van der Waals surface area contributed by atoms with Crippen molar-refractivity contribution in [3.8, 4) is 0 Å². The molecule has 0 saturated heterocycles. The number of ketones is 1. The summed E-state index contributed by atoms with van der Waals surface area (Å²) in [6, 6.07) is 2.93. The lowest BCUT2D eigenvalue weighted by Gasteiger charge is -2.15. The lowest BCUT2D eigenvalue weighted by atomic mass is 10.0. The summed E-state index contributed by atoms with van der Waals surface area (Å²) in [4.78, 5) is 20.7. The van der Waals surface area contributed by atoms with E-state index in [1.54, 1.807) is 5.38 Å². The number of carbonyl (C=O) groups is 1. The maximum atomic E-state index is 12.4. The first kappa shape index (κ1) is 13.6. The molecule has 1 unspecified atom stereocenters. The SMILES string of the molecule is O=C(CC(C[N+](=O)[O-])C(F)(F)F)c1cccs1. The number of rotatable bonds is 5. The smallest absolute Gasteiger partial charge is 0.293 e. The first-order valence-electron chi connectivity index (χ1n) is 4.56. The van der Waals surface area contributed by atoms with Crippen LogP contribution in [0.15, 0.2) is 17.5 Å². The monoisotopic (exact) mass is 267 g/mol. The van der Waals surface area contributed by atoms with Gasteiger partial charge in [-0.3, -0.25) is 14.9 Å². The molecule has 94 valence electrons. The first-order valence-corrected chi connectivity index (χ1v) is 5.44. The summed E-state index contributed by atoms with van der Waals surface area (Å²) in [6.45, 7) is -1.28. The summed E-state index contributed by atoms with van der Waals surface area (Å²) in [5, 5.41) is 11.7. The van der Waals surface area contributed by atoms with Gasteiger partial charge >= 0.3 is 6.18 Å². The van der Waals surface area contributed by atoms with Gasteiger partial charge in [0.15, 0.2) is 5.78 Å². The van der Waals surface area contributed by atoms with Gasteiger partial charge < -0.3 is 0 Å². The molecular formula is C9H8F3NO3S. The number of hydrogen-bond donors (Lipinski definition) is 0. The van der Waals surface area contributed by atoms with Crippen LogP contribution in [0.25, 0.3) is 0 Å². The van der Waals surface area contributed by atoms with Crippen molar-refractivity contribution in [3.63, 3.8) is 0 Å². The molecule has 1 aromatic heterocycles. The van der Waals surface area contributed by atoms with Crippen molar-refractivity contribution in [1.82, 2.24) is 0 Å². The van der Waals surface area contributed by atoms with Crippen LogP contribution >= 0.6 is 11.3 Å². The quantitative estimate of drug-likeness (QED) is 0.468. The molecule has 0 saturated carbocycles. The molecule has 0 aliphatic carbocycles. The molecule has 8 heteroatoms. The fraction of sp³-hybridized carbons (Fsp3) is 0.444. The van der Waals surface area contributed by atoms with Crippen LogP contribution in [0.4, 0.5) is 13.2 Å². The molecule has 1 rings (SSSR count). The maximum Gasteiger partial charge on any atom is 0.398 e. The number of nitrogens with zero attached hydrogens (tertiary/aromatic N) is 1. The number of Topliss-reactive ketones (excluding diaryl/α,β-unsaturated/α-hetero) is 1. The number of halogens is 3. The summed E-state index contributed by atoms with van der Waals surface area (Å²) in [6.07, 6.45) is -5.62. The second-order valence-electron chi connectivity index (χ2n) is 3.36. The van der Waals surface area contributed by atoms with Gasteiger partial charge in [0.2, 0.25) is 6.54 Å². The van der Waals surface area contributed by atoms with Crippen molar-refractivity contribution in [2.45, 2.75) is 12.6 Å². The van der Waals surface area contributed by atoms with Gasteiger partial charge in [-0.05, 0) is 11.4 Å². The Hall–Kier alpha value is -1.44. The molecule has 0 aromatic carbocycles. The zero-order valence-electron chi connectivity index (χ0n) is 8.44. The molecule has 4 nitrogen and oxygen atoms in total. The van der Waals surface area contributed by atoms with Crippen molar-refractivity contribution < 1.29 is 22.9 Å². The van der Waals surface area contributed by atoms with E-state index in [9.17, 15) is 28.1 Å². The molecule has 0 radical (unpaired) electrons. The molecule has 0 fully saturated rings. The standard InChI is InChI=1S/C9H8F3NO3S/c10-9(11,12)6(5-13(15)16)4-7(14)8-2-1-3-17-8/h1-3,6H,4-5H2. The molecule has 0 aliphatic rings. The van der Waals surface area contributed by atoms with E-state index in [2.05, 4.69) is 0 Å².